The quantitative estimate of drug-likeness (QED) is 0.625. The van der Waals surface area contributed by atoms with Crippen molar-refractivity contribution in [3.05, 3.63) is 23.8 Å². The number of carbonyl (C=O) groups is 3. The summed E-state index contributed by atoms with van der Waals surface area (Å²) in [6, 6.07) is 5.19. The standard InChI is InChI=1S/C21H32N4O3/c1-21(2,3)20(28)23-11-7-8-18(26)24-16-14-15(19(22)27)9-10-17(16)25-12-5-4-6-13-25/h9-10,14H,4-8,11-13H2,1-3H3,(H2,22,27)(H,23,28)(H,24,26). The molecule has 1 aromatic rings. The number of hydrogen-bond donors (Lipinski definition) is 3. The molecule has 0 saturated carbocycles. The van der Waals surface area contributed by atoms with Crippen LogP contribution in [-0.2, 0) is 9.59 Å². The Labute approximate surface area is 167 Å². The van der Waals surface area contributed by atoms with Crippen LogP contribution in [-0.4, -0.2) is 37.4 Å². The lowest BCUT2D eigenvalue weighted by atomic mass is 9.96. The largest absolute Gasteiger partial charge is 0.370 e. The molecule has 0 bridgehead atoms. The van der Waals surface area contributed by atoms with Crippen LogP contribution in [0.2, 0.25) is 0 Å². The number of nitrogens with one attached hydrogen (secondary N) is 2. The Morgan fingerprint density at radius 1 is 1.11 bits per heavy atom. The number of carbonyl (C=O) groups excluding carboxylic acids is 3. The predicted molar refractivity (Wildman–Crippen MR) is 111 cm³/mol. The highest BCUT2D eigenvalue weighted by Crippen LogP contribution is 2.30. The molecule has 0 spiro atoms. The summed E-state index contributed by atoms with van der Waals surface area (Å²) in [5.41, 5.74) is 6.85. The summed E-state index contributed by atoms with van der Waals surface area (Å²) in [6.45, 7) is 7.85. The van der Waals surface area contributed by atoms with E-state index >= 15 is 0 Å². The molecule has 3 amide bonds. The highest BCUT2D eigenvalue weighted by Gasteiger charge is 2.21. The maximum Gasteiger partial charge on any atom is 0.248 e. The molecular formula is C21H32N4O3. The van der Waals surface area contributed by atoms with Gasteiger partial charge in [0.1, 0.15) is 0 Å². The van der Waals surface area contributed by atoms with E-state index in [1.54, 1.807) is 12.1 Å². The lowest BCUT2D eigenvalue weighted by Crippen LogP contribution is -2.35. The first kappa shape index (κ1) is 21.7. The molecule has 0 radical (unpaired) electrons. The number of anilines is 2. The third-order valence-corrected chi connectivity index (χ3v) is 4.80. The van der Waals surface area contributed by atoms with Gasteiger partial charge in [-0.1, -0.05) is 20.8 Å². The number of rotatable bonds is 7. The second-order valence-electron chi connectivity index (χ2n) is 8.30. The fourth-order valence-electron chi connectivity index (χ4n) is 3.13. The van der Waals surface area contributed by atoms with E-state index in [1.165, 1.54) is 6.42 Å². The van der Waals surface area contributed by atoms with Gasteiger partial charge < -0.3 is 21.3 Å². The van der Waals surface area contributed by atoms with Crippen molar-refractivity contribution in [2.24, 2.45) is 11.1 Å². The molecule has 0 atom stereocenters. The molecule has 7 heteroatoms. The van der Waals surface area contributed by atoms with Crippen molar-refractivity contribution in [3.8, 4) is 0 Å². The molecule has 0 unspecified atom stereocenters. The van der Waals surface area contributed by atoms with Crippen LogP contribution in [0.5, 0.6) is 0 Å². The van der Waals surface area contributed by atoms with E-state index in [0.717, 1.165) is 31.6 Å². The van der Waals surface area contributed by atoms with Gasteiger partial charge in [-0.15, -0.1) is 0 Å². The molecular weight excluding hydrogens is 356 g/mol. The first-order valence-corrected chi connectivity index (χ1v) is 9.95. The SMILES string of the molecule is CC(C)(C)C(=O)NCCCC(=O)Nc1cc(C(N)=O)ccc1N1CCCCC1. The summed E-state index contributed by atoms with van der Waals surface area (Å²) in [5.74, 6) is -0.704. The van der Waals surface area contributed by atoms with Gasteiger partial charge >= 0.3 is 0 Å². The summed E-state index contributed by atoms with van der Waals surface area (Å²) in [5, 5.41) is 5.76. The van der Waals surface area contributed by atoms with E-state index in [1.807, 2.05) is 26.8 Å². The molecule has 2 rings (SSSR count). The van der Waals surface area contributed by atoms with Gasteiger partial charge in [-0.25, -0.2) is 0 Å². The van der Waals surface area contributed by atoms with E-state index < -0.39 is 11.3 Å². The zero-order chi connectivity index (χ0) is 20.7. The summed E-state index contributed by atoms with van der Waals surface area (Å²) in [6.07, 6.45) is 4.25. The predicted octanol–water partition coefficient (Wildman–Crippen LogP) is 2.66. The van der Waals surface area contributed by atoms with Gasteiger partial charge in [0.15, 0.2) is 0 Å². The molecule has 1 aliphatic rings. The lowest BCUT2D eigenvalue weighted by Gasteiger charge is -2.30. The van der Waals surface area contributed by atoms with E-state index in [4.69, 9.17) is 5.73 Å². The molecule has 28 heavy (non-hydrogen) atoms. The van der Waals surface area contributed by atoms with E-state index in [9.17, 15) is 14.4 Å². The Hall–Kier alpha value is -2.57. The van der Waals surface area contributed by atoms with Gasteiger partial charge in [0.25, 0.3) is 0 Å². The fraction of sp³-hybridized carbons (Fsp3) is 0.571. The van der Waals surface area contributed by atoms with E-state index in [-0.39, 0.29) is 18.2 Å². The van der Waals surface area contributed by atoms with Gasteiger partial charge in [-0.2, -0.15) is 0 Å². The Balaban J connectivity index is 1.98. The maximum absolute atomic E-state index is 12.4. The smallest absolute Gasteiger partial charge is 0.248 e. The Bertz CT molecular complexity index is 719. The number of piperidine rings is 1. The summed E-state index contributed by atoms with van der Waals surface area (Å²) < 4.78 is 0. The molecule has 154 valence electrons. The minimum Gasteiger partial charge on any atom is -0.370 e. The maximum atomic E-state index is 12.4. The van der Waals surface area contributed by atoms with Crippen LogP contribution >= 0.6 is 0 Å². The normalized spacial score (nSPS) is 14.5. The zero-order valence-electron chi connectivity index (χ0n) is 17.1. The highest BCUT2D eigenvalue weighted by atomic mass is 16.2. The van der Waals surface area contributed by atoms with E-state index in [2.05, 4.69) is 15.5 Å². The molecule has 7 nitrogen and oxygen atoms in total. The molecule has 1 fully saturated rings. The van der Waals surface area contributed by atoms with E-state index in [0.29, 0.717) is 24.2 Å². The fourth-order valence-corrected chi connectivity index (χ4v) is 3.13. The lowest BCUT2D eigenvalue weighted by molar-refractivity contribution is -0.128. The summed E-state index contributed by atoms with van der Waals surface area (Å²) >= 11 is 0. The van der Waals surface area contributed by atoms with Crippen molar-refractivity contribution in [1.82, 2.24) is 5.32 Å². The second kappa shape index (κ2) is 9.57. The van der Waals surface area contributed by atoms with Gasteiger partial charge in [0.05, 0.1) is 11.4 Å². The van der Waals surface area contributed by atoms with Gasteiger partial charge in [0.2, 0.25) is 17.7 Å². The van der Waals surface area contributed by atoms with Crippen LogP contribution in [0.25, 0.3) is 0 Å². The second-order valence-corrected chi connectivity index (χ2v) is 8.30. The molecule has 0 aliphatic carbocycles. The molecule has 1 heterocycles. The van der Waals surface area contributed by atoms with Crippen LogP contribution in [0.4, 0.5) is 11.4 Å². The average molecular weight is 389 g/mol. The van der Waals surface area contributed by atoms with Crippen molar-refractivity contribution in [2.45, 2.75) is 52.9 Å². The topological polar surface area (TPSA) is 105 Å². The Kier molecular flexibility index (Phi) is 7.43. The summed E-state index contributed by atoms with van der Waals surface area (Å²) in [4.78, 5) is 38.0. The van der Waals surface area contributed by atoms with Crippen LogP contribution in [0.1, 0.15) is 63.2 Å². The van der Waals surface area contributed by atoms with Crippen LogP contribution in [0, 0.1) is 5.41 Å². The van der Waals surface area contributed by atoms with Crippen molar-refractivity contribution < 1.29 is 14.4 Å². The molecule has 1 saturated heterocycles. The minimum atomic E-state index is -0.523. The van der Waals surface area contributed by atoms with Crippen molar-refractivity contribution in [1.29, 1.82) is 0 Å². The zero-order valence-corrected chi connectivity index (χ0v) is 17.1. The third-order valence-electron chi connectivity index (χ3n) is 4.80. The highest BCUT2D eigenvalue weighted by molar-refractivity contribution is 5.99. The molecule has 1 aromatic carbocycles. The van der Waals surface area contributed by atoms with Crippen molar-refractivity contribution in [2.75, 3.05) is 29.9 Å². The monoisotopic (exact) mass is 388 g/mol. The minimum absolute atomic E-state index is 0.0329. The molecule has 4 N–H and O–H groups in total. The number of amides is 3. The van der Waals surface area contributed by atoms with Crippen LogP contribution < -0.4 is 21.3 Å². The Morgan fingerprint density at radius 3 is 2.39 bits per heavy atom. The number of hydrogen-bond acceptors (Lipinski definition) is 4. The number of primary amides is 1. The summed E-state index contributed by atoms with van der Waals surface area (Å²) in [7, 11) is 0. The van der Waals surface area contributed by atoms with Crippen LogP contribution in [0.15, 0.2) is 18.2 Å². The molecule has 0 aromatic heterocycles. The van der Waals surface area contributed by atoms with Crippen molar-refractivity contribution in [3.63, 3.8) is 0 Å². The third kappa shape index (κ3) is 6.25. The Morgan fingerprint density at radius 2 is 1.79 bits per heavy atom. The van der Waals surface area contributed by atoms with Gasteiger partial charge in [-0.3, -0.25) is 14.4 Å². The first-order valence-electron chi connectivity index (χ1n) is 9.95. The average Bonchev–Trinajstić information content (AvgIpc) is 2.64. The number of nitrogens with two attached hydrogens (primary N) is 1. The first-order chi connectivity index (χ1) is 13.2. The number of nitrogens with zero attached hydrogens (tertiary/aromatic N) is 1. The van der Waals surface area contributed by atoms with Crippen LogP contribution in [0.3, 0.4) is 0 Å². The van der Waals surface area contributed by atoms with Gasteiger partial charge in [0, 0.05) is 37.0 Å². The number of benzene rings is 1. The van der Waals surface area contributed by atoms with Gasteiger partial charge in [-0.05, 0) is 43.9 Å². The van der Waals surface area contributed by atoms with Crippen molar-refractivity contribution >= 4 is 29.1 Å². The molecule has 1 aliphatic heterocycles.